The molecule has 2 aromatic rings. The second kappa shape index (κ2) is 7.13. The molecule has 7 nitrogen and oxygen atoms in total. The largest absolute Gasteiger partial charge is 0.378 e. The molecule has 0 atom stereocenters. The quantitative estimate of drug-likeness (QED) is 0.898. The molecule has 0 bridgehead atoms. The van der Waals surface area contributed by atoms with E-state index < -0.39 is 0 Å². The molecule has 7 heteroatoms. The second-order valence-electron chi connectivity index (χ2n) is 6.41. The van der Waals surface area contributed by atoms with Crippen LogP contribution in [0, 0.1) is 0 Å². The summed E-state index contributed by atoms with van der Waals surface area (Å²) in [6.07, 6.45) is 3.54. The number of ether oxygens (including phenoxy) is 1. The zero-order chi connectivity index (χ0) is 17.9. The Bertz CT molecular complexity index is 791. The normalized spacial score (nSPS) is 16.3. The lowest BCUT2D eigenvalue weighted by atomic mass is 10.1. The summed E-state index contributed by atoms with van der Waals surface area (Å²) < 4.78 is 5.27. The van der Waals surface area contributed by atoms with Crippen LogP contribution in [0.2, 0.25) is 0 Å². The minimum atomic E-state index is -0.159. The number of urea groups is 1. The number of nitrogens with zero attached hydrogens (tertiary/aromatic N) is 3. The van der Waals surface area contributed by atoms with Gasteiger partial charge in [-0.3, -0.25) is 9.78 Å². The van der Waals surface area contributed by atoms with E-state index in [4.69, 9.17) is 4.74 Å². The van der Waals surface area contributed by atoms with Gasteiger partial charge in [-0.05, 0) is 41.5 Å². The Hall–Kier alpha value is -2.93. The molecule has 1 aromatic carbocycles. The van der Waals surface area contributed by atoms with Gasteiger partial charge in [0.1, 0.15) is 0 Å². The summed E-state index contributed by atoms with van der Waals surface area (Å²) in [6.45, 7) is 3.52. The molecule has 1 aromatic heterocycles. The van der Waals surface area contributed by atoms with Gasteiger partial charge in [-0.15, -0.1) is 0 Å². The number of carbonyl (C=O) groups excluding carboxylic acids is 2. The molecular formula is C19H20N4O3. The first-order chi connectivity index (χ1) is 12.7. The number of nitrogens with one attached hydrogen (secondary N) is 1. The summed E-state index contributed by atoms with van der Waals surface area (Å²) in [5.41, 5.74) is 3.49. The zero-order valence-electron chi connectivity index (χ0n) is 14.4. The number of hydrogen-bond acceptors (Lipinski definition) is 4. The van der Waals surface area contributed by atoms with E-state index in [9.17, 15) is 9.59 Å². The van der Waals surface area contributed by atoms with Crippen LogP contribution in [0.3, 0.4) is 0 Å². The first kappa shape index (κ1) is 16.5. The smallest absolute Gasteiger partial charge is 0.322 e. The standard InChI is InChI=1S/C19H20N4O3/c24-18(22-7-9-26-10-8-22)14-1-3-17(4-2-14)21-19(25)23-12-15-5-6-20-11-16(15)13-23/h1-6,11H,7-10,12-13H2,(H,21,25). The van der Waals surface area contributed by atoms with Crippen molar-refractivity contribution in [3.05, 3.63) is 59.4 Å². The highest BCUT2D eigenvalue weighted by atomic mass is 16.5. The number of rotatable bonds is 2. The Balaban J connectivity index is 1.37. The summed E-state index contributed by atoms with van der Waals surface area (Å²) in [6, 6.07) is 8.79. The van der Waals surface area contributed by atoms with Gasteiger partial charge in [0.25, 0.3) is 5.91 Å². The van der Waals surface area contributed by atoms with E-state index in [-0.39, 0.29) is 11.9 Å². The highest BCUT2D eigenvalue weighted by Crippen LogP contribution is 2.22. The van der Waals surface area contributed by atoms with Crippen molar-refractivity contribution in [2.45, 2.75) is 13.1 Å². The fourth-order valence-electron chi connectivity index (χ4n) is 3.21. The van der Waals surface area contributed by atoms with Crippen LogP contribution in [0.5, 0.6) is 0 Å². The van der Waals surface area contributed by atoms with Crippen LogP contribution in [0.1, 0.15) is 21.5 Å². The molecule has 0 radical (unpaired) electrons. The van der Waals surface area contributed by atoms with Crippen LogP contribution < -0.4 is 5.32 Å². The number of carbonyl (C=O) groups is 2. The number of amides is 3. The molecule has 4 rings (SSSR count). The molecule has 3 heterocycles. The van der Waals surface area contributed by atoms with Crippen molar-refractivity contribution in [1.82, 2.24) is 14.8 Å². The van der Waals surface area contributed by atoms with E-state index in [1.807, 2.05) is 6.07 Å². The van der Waals surface area contributed by atoms with Crippen molar-refractivity contribution in [1.29, 1.82) is 0 Å². The molecule has 26 heavy (non-hydrogen) atoms. The molecular weight excluding hydrogens is 332 g/mol. The van der Waals surface area contributed by atoms with Gasteiger partial charge in [-0.25, -0.2) is 4.79 Å². The fourth-order valence-corrected chi connectivity index (χ4v) is 3.21. The van der Waals surface area contributed by atoms with E-state index in [2.05, 4.69) is 10.3 Å². The van der Waals surface area contributed by atoms with E-state index in [0.29, 0.717) is 50.6 Å². The number of aromatic nitrogens is 1. The molecule has 1 N–H and O–H groups in total. The highest BCUT2D eigenvalue weighted by molar-refractivity contribution is 5.95. The van der Waals surface area contributed by atoms with Crippen LogP contribution >= 0.6 is 0 Å². The Morgan fingerprint density at radius 2 is 1.69 bits per heavy atom. The van der Waals surface area contributed by atoms with Crippen LogP contribution in [0.4, 0.5) is 10.5 Å². The summed E-state index contributed by atoms with van der Waals surface area (Å²) in [5.74, 6) is -0.00586. The number of hydrogen-bond donors (Lipinski definition) is 1. The molecule has 3 amide bonds. The highest BCUT2D eigenvalue weighted by Gasteiger charge is 2.23. The molecule has 0 spiro atoms. The van der Waals surface area contributed by atoms with Crippen LogP contribution in [0.25, 0.3) is 0 Å². The molecule has 0 unspecified atom stereocenters. The predicted octanol–water partition coefficient (Wildman–Crippen LogP) is 2.10. The number of benzene rings is 1. The SMILES string of the molecule is O=C(Nc1ccc(C(=O)N2CCOCC2)cc1)N1Cc2ccncc2C1. The van der Waals surface area contributed by atoms with Crippen molar-refractivity contribution < 1.29 is 14.3 Å². The number of fused-ring (bicyclic) bond motifs is 1. The minimum absolute atomic E-state index is 0.00586. The molecule has 1 saturated heterocycles. The predicted molar refractivity (Wildman–Crippen MR) is 95.7 cm³/mol. The fraction of sp³-hybridized carbons (Fsp3) is 0.316. The molecule has 0 aliphatic carbocycles. The third kappa shape index (κ3) is 3.39. The van der Waals surface area contributed by atoms with Crippen molar-refractivity contribution in [3.63, 3.8) is 0 Å². The second-order valence-corrected chi connectivity index (χ2v) is 6.41. The maximum absolute atomic E-state index is 12.5. The van der Waals surface area contributed by atoms with Gasteiger partial charge in [-0.2, -0.15) is 0 Å². The van der Waals surface area contributed by atoms with E-state index in [1.54, 1.807) is 46.5 Å². The molecule has 1 fully saturated rings. The summed E-state index contributed by atoms with van der Waals surface area (Å²) >= 11 is 0. The number of pyridine rings is 1. The van der Waals surface area contributed by atoms with Gasteiger partial charge in [-0.1, -0.05) is 0 Å². The lowest BCUT2D eigenvalue weighted by Gasteiger charge is -2.26. The molecule has 134 valence electrons. The topological polar surface area (TPSA) is 74.8 Å². The molecule has 2 aliphatic heterocycles. The van der Waals surface area contributed by atoms with Crippen molar-refractivity contribution in [2.24, 2.45) is 0 Å². The van der Waals surface area contributed by atoms with Gasteiger partial charge in [0.05, 0.1) is 13.2 Å². The number of anilines is 1. The summed E-state index contributed by atoms with van der Waals surface area (Å²) in [4.78, 5) is 32.5. The first-order valence-electron chi connectivity index (χ1n) is 8.65. The Morgan fingerprint density at radius 1 is 0.962 bits per heavy atom. The third-order valence-corrected chi connectivity index (χ3v) is 4.70. The monoisotopic (exact) mass is 352 g/mol. The lowest BCUT2D eigenvalue weighted by Crippen LogP contribution is -2.40. The van der Waals surface area contributed by atoms with Crippen molar-refractivity contribution in [3.8, 4) is 0 Å². The minimum Gasteiger partial charge on any atom is -0.378 e. The van der Waals surface area contributed by atoms with E-state index in [1.165, 1.54) is 0 Å². The van der Waals surface area contributed by atoms with Gasteiger partial charge >= 0.3 is 6.03 Å². The van der Waals surface area contributed by atoms with Crippen LogP contribution in [0.15, 0.2) is 42.7 Å². The Labute approximate surface area is 151 Å². The van der Waals surface area contributed by atoms with Gasteiger partial charge in [0.15, 0.2) is 0 Å². The molecule has 2 aliphatic rings. The Morgan fingerprint density at radius 3 is 2.42 bits per heavy atom. The van der Waals surface area contributed by atoms with E-state index >= 15 is 0 Å². The maximum atomic E-state index is 12.5. The van der Waals surface area contributed by atoms with Gasteiger partial charge in [0, 0.05) is 49.8 Å². The zero-order valence-corrected chi connectivity index (χ0v) is 14.4. The number of morpholine rings is 1. The molecule has 0 saturated carbocycles. The maximum Gasteiger partial charge on any atom is 0.322 e. The average Bonchev–Trinajstić information content (AvgIpc) is 3.13. The van der Waals surface area contributed by atoms with Gasteiger partial charge in [0.2, 0.25) is 0 Å². The van der Waals surface area contributed by atoms with Crippen molar-refractivity contribution in [2.75, 3.05) is 31.6 Å². The average molecular weight is 352 g/mol. The van der Waals surface area contributed by atoms with Gasteiger partial charge < -0.3 is 19.9 Å². The van der Waals surface area contributed by atoms with E-state index in [0.717, 1.165) is 11.1 Å². The summed E-state index contributed by atoms with van der Waals surface area (Å²) in [5, 5.41) is 2.89. The van der Waals surface area contributed by atoms with Crippen LogP contribution in [-0.2, 0) is 17.8 Å². The van der Waals surface area contributed by atoms with Crippen LogP contribution in [-0.4, -0.2) is 53.0 Å². The Kier molecular flexibility index (Phi) is 4.53. The third-order valence-electron chi connectivity index (χ3n) is 4.70. The van der Waals surface area contributed by atoms with Crippen molar-refractivity contribution >= 4 is 17.6 Å². The first-order valence-corrected chi connectivity index (χ1v) is 8.65. The summed E-state index contributed by atoms with van der Waals surface area (Å²) in [7, 11) is 0. The lowest BCUT2D eigenvalue weighted by molar-refractivity contribution is 0.0303.